The van der Waals surface area contributed by atoms with Gasteiger partial charge in [0.25, 0.3) is 0 Å². The number of aromatic carboxylic acids is 1. The molecule has 5 nitrogen and oxygen atoms in total. The second-order valence-corrected chi connectivity index (χ2v) is 4.61. The Bertz CT molecular complexity index is 394. The Labute approximate surface area is 100 Å². The zero-order valence-corrected chi connectivity index (χ0v) is 10.1. The van der Waals surface area contributed by atoms with E-state index in [-0.39, 0.29) is 5.56 Å². The van der Waals surface area contributed by atoms with Gasteiger partial charge in [-0.3, -0.25) is 0 Å². The molecule has 0 aromatic carbocycles. The van der Waals surface area contributed by atoms with Crippen molar-refractivity contribution in [3.8, 4) is 5.88 Å². The molecule has 1 aliphatic carbocycles. The fraction of sp³-hybridized carbons (Fsp3) is 0.667. The Balaban J connectivity index is 1.97. The van der Waals surface area contributed by atoms with Crippen molar-refractivity contribution in [1.29, 1.82) is 0 Å². The van der Waals surface area contributed by atoms with Gasteiger partial charge in [-0.15, -0.1) is 0 Å². The molecule has 1 aliphatic rings. The number of carboxylic acids is 1. The largest absolute Gasteiger partial charge is 0.477 e. The second kappa shape index (κ2) is 5.21. The van der Waals surface area contributed by atoms with Crippen LogP contribution in [-0.2, 0) is 7.05 Å². The van der Waals surface area contributed by atoms with E-state index in [1.165, 1.54) is 43.0 Å². The number of ether oxygens (including phenoxy) is 1. The van der Waals surface area contributed by atoms with Crippen LogP contribution in [0.3, 0.4) is 0 Å². The van der Waals surface area contributed by atoms with Gasteiger partial charge in [0.2, 0.25) is 5.88 Å². The predicted octanol–water partition coefficient (Wildman–Crippen LogP) is 2.08. The van der Waals surface area contributed by atoms with Crippen LogP contribution in [0, 0.1) is 5.92 Å². The summed E-state index contributed by atoms with van der Waals surface area (Å²) in [6, 6.07) is 0. The molecule has 0 atom stereocenters. The van der Waals surface area contributed by atoms with Crippen molar-refractivity contribution in [1.82, 2.24) is 9.78 Å². The van der Waals surface area contributed by atoms with E-state index < -0.39 is 5.97 Å². The third-order valence-electron chi connectivity index (χ3n) is 3.30. The fourth-order valence-corrected chi connectivity index (χ4v) is 2.29. The number of nitrogens with zero attached hydrogens (tertiary/aromatic N) is 2. The molecule has 0 spiro atoms. The van der Waals surface area contributed by atoms with E-state index in [1.54, 1.807) is 7.05 Å². The highest BCUT2D eigenvalue weighted by atomic mass is 16.5. The highest BCUT2D eigenvalue weighted by Gasteiger charge is 2.19. The minimum atomic E-state index is -0.989. The molecular weight excluding hydrogens is 220 g/mol. The van der Waals surface area contributed by atoms with Crippen LogP contribution in [-0.4, -0.2) is 27.5 Å². The maximum absolute atomic E-state index is 11.0. The van der Waals surface area contributed by atoms with Crippen molar-refractivity contribution in [2.24, 2.45) is 13.0 Å². The first-order valence-electron chi connectivity index (χ1n) is 6.06. The van der Waals surface area contributed by atoms with Gasteiger partial charge in [0, 0.05) is 7.05 Å². The molecule has 0 saturated heterocycles. The summed E-state index contributed by atoms with van der Waals surface area (Å²) < 4.78 is 7.11. The molecule has 2 rings (SSSR count). The van der Waals surface area contributed by atoms with Crippen molar-refractivity contribution < 1.29 is 14.6 Å². The minimum absolute atomic E-state index is 0.142. The normalized spacial score (nSPS) is 17.0. The lowest BCUT2D eigenvalue weighted by Gasteiger charge is -2.21. The number of aromatic nitrogens is 2. The molecule has 1 saturated carbocycles. The minimum Gasteiger partial charge on any atom is -0.477 e. The molecule has 0 bridgehead atoms. The van der Waals surface area contributed by atoms with Gasteiger partial charge in [-0.2, -0.15) is 5.10 Å². The molecule has 1 fully saturated rings. The highest BCUT2D eigenvalue weighted by Crippen LogP contribution is 2.25. The molecule has 1 heterocycles. The van der Waals surface area contributed by atoms with Crippen LogP contribution in [0.5, 0.6) is 5.88 Å². The van der Waals surface area contributed by atoms with Crippen LogP contribution in [0.4, 0.5) is 0 Å². The third-order valence-corrected chi connectivity index (χ3v) is 3.30. The van der Waals surface area contributed by atoms with Crippen LogP contribution in [0.25, 0.3) is 0 Å². The summed E-state index contributed by atoms with van der Waals surface area (Å²) in [7, 11) is 1.70. The molecule has 5 heteroatoms. The predicted molar refractivity (Wildman–Crippen MR) is 62.2 cm³/mol. The first-order chi connectivity index (χ1) is 8.18. The van der Waals surface area contributed by atoms with Crippen molar-refractivity contribution in [3.05, 3.63) is 11.8 Å². The van der Waals surface area contributed by atoms with Gasteiger partial charge >= 0.3 is 5.97 Å². The molecule has 0 unspecified atom stereocenters. The first-order valence-corrected chi connectivity index (χ1v) is 6.06. The van der Waals surface area contributed by atoms with Gasteiger partial charge in [0.1, 0.15) is 5.56 Å². The van der Waals surface area contributed by atoms with Crippen LogP contribution >= 0.6 is 0 Å². The quantitative estimate of drug-likeness (QED) is 0.872. The number of hydrogen-bond donors (Lipinski definition) is 1. The zero-order chi connectivity index (χ0) is 12.3. The van der Waals surface area contributed by atoms with Gasteiger partial charge < -0.3 is 9.84 Å². The molecule has 1 aromatic heterocycles. The van der Waals surface area contributed by atoms with Crippen molar-refractivity contribution in [2.45, 2.75) is 32.1 Å². The molecule has 0 amide bonds. The van der Waals surface area contributed by atoms with Crippen LogP contribution in [0.2, 0.25) is 0 Å². The topological polar surface area (TPSA) is 64.4 Å². The summed E-state index contributed by atoms with van der Waals surface area (Å²) in [4.78, 5) is 11.0. The molecule has 94 valence electrons. The van der Waals surface area contributed by atoms with E-state index in [0.29, 0.717) is 18.4 Å². The van der Waals surface area contributed by atoms with Gasteiger partial charge in [-0.05, 0) is 18.8 Å². The molecule has 1 N–H and O–H groups in total. The lowest BCUT2D eigenvalue weighted by atomic mass is 9.90. The van der Waals surface area contributed by atoms with Crippen molar-refractivity contribution >= 4 is 5.97 Å². The Hall–Kier alpha value is -1.52. The number of carboxylic acid groups (broad SMARTS) is 1. The summed E-state index contributed by atoms with van der Waals surface area (Å²) >= 11 is 0. The van der Waals surface area contributed by atoms with E-state index in [2.05, 4.69) is 5.10 Å². The second-order valence-electron chi connectivity index (χ2n) is 4.61. The number of carbonyl (C=O) groups is 1. The molecule has 1 aromatic rings. The fourth-order valence-electron chi connectivity index (χ4n) is 2.29. The first kappa shape index (κ1) is 12.0. The van der Waals surface area contributed by atoms with Gasteiger partial charge in [-0.1, -0.05) is 19.3 Å². The van der Waals surface area contributed by atoms with Crippen LogP contribution < -0.4 is 4.74 Å². The van der Waals surface area contributed by atoms with Gasteiger partial charge in [0.15, 0.2) is 0 Å². The standard InChI is InChI=1S/C12H18N2O3/c1-14-11(10(7-13-14)12(15)16)17-8-9-5-3-2-4-6-9/h7,9H,2-6,8H2,1H3,(H,15,16). The van der Waals surface area contributed by atoms with Crippen molar-refractivity contribution in [2.75, 3.05) is 6.61 Å². The highest BCUT2D eigenvalue weighted by molar-refractivity contribution is 5.89. The Morgan fingerprint density at radius 2 is 2.24 bits per heavy atom. The molecular formula is C12H18N2O3. The summed E-state index contributed by atoms with van der Waals surface area (Å²) in [5.41, 5.74) is 0.142. The number of rotatable bonds is 4. The molecule has 0 aliphatic heterocycles. The Kier molecular flexibility index (Phi) is 3.66. The monoisotopic (exact) mass is 238 g/mol. The molecule has 0 radical (unpaired) electrons. The molecule has 17 heavy (non-hydrogen) atoms. The van der Waals surface area contributed by atoms with E-state index >= 15 is 0 Å². The summed E-state index contributed by atoms with van der Waals surface area (Å²) in [6.45, 7) is 0.597. The average molecular weight is 238 g/mol. The summed E-state index contributed by atoms with van der Waals surface area (Å²) in [6.07, 6.45) is 7.51. The summed E-state index contributed by atoms with van der Waals surface area (Å²) in [5.74, 6) is -0.0693. The number of hydrogen-bond acceptors (Lipinski definition) is 3. The maximum atomic E-state index is 11.0. The van der Waals surface area contributed by atoms with Crippen molar-refractivity contribution in [3.63, 3.8) is 0 Å². The van der Waals surface area contributed by atoms with Crippen LogP contribution in [0.1, 0.15) is 42.5 Å². The van der Waals surface area contributed by atoms with Gasteiger partial charge in [-0.25, -0.2) is 9.48 Å². The average Bonchev–Trinajstić information content (AvgIpc) is 2.69. The lowest BCUT2D eigenvalue weighted by molar-refractivity contribution is 0.0689. The number of aryl methyl sites for hydroxylation is 1. The SMILES string of the molecule is Cn1ncc(C(=O)O)c1OCC1CCCCC1. The van der Waals surface area contributed by atoms with E-state index in [0.717, 1.165) is 0 Å². The Morgan fingerprint density at radius 3 is 2.88 bits per heavy atom. The maximum Gasteiger partial charge on any atom is 0.342 e. The zero-order valence-electron chi connectivity index (χ0n) is 10.1. The van der Waals surface area contributed by atoms with E-state index in [4.69, 9.17) is 9.84 Å². The summed E-state index contributed by atoms with van der Waals surface area (Å²) in [5, 5.41) is 12.9. The third kappa shape index (κ3) is 2.78. The van der Waals surface area contributed by atoms with E-state index in [9.17, 15) is 4.79 Å². The Morgan fingerprint density at radius 1 is 1.53 bits per heavy atom. The smallest absolute Gasteiger partial charge is 0.342 e. The lowest BCUT2D eigenvalue weighted by Crippen LogP contribution is -2.17. The van der Waals surface area contributed by atoms with Crippen LogP contribution in [0.15, 0.2) is 6.20 Å². The van der Waals surface area contributed by atoms with E-state index in [1.807, 2.05) is 0 Å². The van der Waals surface area contributed by atoms with Gasteiger partial charge in [0.05, 0.1) is 12.8 Å².